The van der Waals surface area contributed by atoms with Gasteiger partial charge in [0, 0.05) is 6.07 Å². The number of furan rings is 1. The number of halogens is 1. The summed E-state index contributed by atoms with van der Waals surface area (Å²) in [5.74, 6) is -0.0714. The minimum absolute atomic E-state index is 0.0663. The largest absolute Gasteiger partial charge is 0.433 e. The van der Waals surface area contributed by atoms with E-state index in [1.807, 2.05) is 0 Å². The van der Waals surface area contributed by atoms with Crippen LogP contribution in [0.15, 0.2) is 33.7 Å². The van der Waals surface area contributed by atoms with Gasteiger partial charge in [-0.15, -0.1) is 0 Å². The zero-order chi connectivity index (χ0) is 12.4. The molecule has 0 N–H and O–H groups in total. The third-order valence-corrected chi connectivity index (χ3v) is 2.21. The van der Waals surface area contributed by atoms with Gasteiger partial charge in [-0.2, -0.15) is 0 Å². The Hall–Kier alpha value is -2.15. The van der Waals surface area contributed by atoms with Gasteiger partial charge in [0.1, 0.15) is 15.8 Å². The zero-order valence-corrected chi connectivity index (χ0v) is 9.13. The fraction of sp³-hybridized carbons (Fsp3) is 0.111. The van der Waals surface area contributed by atoms with Crippen molar-refractivity contribution < 1.29 is 9.34 Å². The molecule has 0 aliphatic heterocycles. The molecule has 2 aromatic heterocycles. The van der Waals surface area contributed by atoms with Crippen LogP contribution in [0.4, 0.5) is 5.88 Å². The highest BCUT2D eigenvalue weighted by Gasteiger charge is 2.12. The number of hydrogen-bond donors (Lipinski definition) is 0. The minimum Gasteiger partial charge on any atom is -0.404 e. The van der Waals surface area contributed by atoms with E-state index in [0.717, 1.165) is 6.07 Å². The highest BCUT2D eigenvalue weighted by Crippen LogP contribution is 2.15. The average molecular weight is 256 g/mol. The SMILES string of the molecule is O=c1cc(Cl)ncn1Cc1ccc([N+](=O)[O-])o1. The van der Waals surface area contributed by atoms with Crippen LogP contribution in [0.3, 0.4) is 0 Å². The van der Waals surface area contributed by atoms with Crippen LogP contribution in [0.25, 0.3) is 0 Å². The van der Waals surface area contributed by atoms with Gasteiger partial charge in [0.15, 0.2) is 0 Å². The second kappa shape index (κ2) is 4.38. The van der Waals surface area contributed by atoms with Crippen LogP contribution in [0.1, 0.15) is 5.76 Å². The number of nitro groups is 1. The Kier molecular flexibility index (Phi) is 2.92. The van der Waals surface area contributed by atoms with E-state index in [1.165, 1.54) is 23.0 Å². The molecule has 0 fully saturated rings. The first kappa shape index (κ1) is 11.3. The maximum absolute atomic E-state index is 11.4. The molecule has 0 amide bonds. The predicted octanol–water partition coefficient (Wildman–Crippen LogP) is 1.45. The Morgan fingerprint density at radius 3 is 2.88 bits per heavy atom. The van der Waals surface area contributed by atoms with Crippen LogP contribution in [-0.4, -0.2) is 14.5 Å². The molecular formula is C9H6ClN3O4. The molecule has 2 heterocycles. The van der Waals surface area contributed by atoms with E-state index in [4.69, 9.17) is 16.0 Å². The zero-order valence-electron chi connectivity index (χ0n) is 8.37. The summed E-state index contributed by atoms with van der Waals surface area (Å²) >= 11 is 5.53. The second-order valence-corrected chi connectivity index (χ2v) is 3.56. The summed E-state index contributed by atoms with van der Waals surface area (Å²) in [6.07, 6.45) is 1.25. The Labute approximate surface area is 99.4 Å². The summed E-state index contributed by atoms with van der Waals surface area (Å²) in [5, 5.41) is 10.5. The van der Waals surface area contributed by atoms with Crippen molar-refractivity contribution >= 4 is 17.5 Å². The molecule has 17 heavy (non-hydrogen) atoms. The van der Waals surface area contributed by atoms with Crippen molar-refractivity contribution in [2.24, 2.45) is 0 Å². The number of rotatable bonds is 3. The monoisotopic (exact) mass is 255 g/mol. The molecule has 0 radical (unpaired) electrons. The van der Waals surface area contributed by atoms with Gasteiger partial charge in [0.25, 0.3) is 5.56 Å². The van der Waals surface area contributed by atoms with Crippen LogP contribution < -0.4 is 5.56 Å². The lowest BCUT2D eigenvalue weighted by molar-refractivity contribution is -0.402. The summed E-state index contributed by atoms with van der Waals surface area (Å²) in [6, 6.07) is 3.81. The van der Waals surface area contributed by atoms with E-state index in [9.17, 15) is 14.9 Å². The quantitative estimate of drug-likeness (QED) is 0.470. The Bertz CT molecular complexity index is 619. The van der Waals surface area contributed by atoms with E-state index in [2.05, 4.69) is 4.98 Å². The van der Waals surface area contributed by atoms with Gasteiger partial charge in [-0.3, -0.25) is 19.5 Å². The molecule has 0 aromatic carbocycles. The molecule has 0 saturated carbocycles. The molecular weight excluding hydrogens is 250 g/mol. The molecule has 0 unspecified atom stereocenters. The maximum Gasteiger partial charge on any atom is 0.433 e. The lowest BCUT2D eigenvalue weighted by Gasteiger charge is -2.00. The lowest BCUT2D eigenvalue weighted by Crippen LogP contribution is -2.19. The molecule has 0 bridgehead atoms. The first-order valence-electron chi connectivity index (χ1n) is 4.51. The summed E-state index contributed by atoms with van der Waals surface area (Å²) in [5.41, 5.74) is -0.357. The molecule has 2 rings (SSSR count). The highest BCUT2D eigenvalue weighted by molar-refractivity contribution is 6.29. The lowest BCUT2D eigenvalue weighted by atomic mass is 10.4. The highest BCUT2D eigenvalue weighted by atomic mass is 35.5. The summed E-state index contributed by atoms with van der Waals surface area (Å²) < 4.78 is 6.15. The van der Waals surface area contributed by atoms with Gasteiger partial charge in [-0.25, -0.2) is 4.98 Å². The van der Waals surface area contributed by atoms with Crippen molar-refractivity contribution in [2.45, 2.75) is 6.54 Å². The summed E-state index contributed by atoms with van der Waals surface area (Å²) in [6.45, 7) is 0.0663. The topological polar surface area (TPSA) is 91.2 Å². The van der Waals surface area contributed by atoms with Gasteiger partial charge >= 0.3 is 5.88 Å². The van der Waals surface area contributed by atoms with Gasteiger partial charge < -0.3 is 4.42 Å². The molecule has 0 saturated heterocycles. The first-order chi connectivity index (χ1) is 8.06. The van der Waals surface area contributed by atoms with E-state index in [1.54, 1.807) is 0 Å². The second-order valence-electron chi connectivity index (χ2n) is 3.17. The fourth-order valence-electron chi connectivity index (χ4n) is 1.24. The van der Waals surface area contributed by atoms with Crippen molar-refractivity contribution in [1.82, 2.24) is 9.55 Å². The van der Waals surface area contributed by atoms with E-state index in [-0.39, 0.29) is 23.1 Å². The first-order valence-corrected chi connectivity index (χ1v) is 4.89. The fourth-order valence-corrected chi connectivity index (χ4v) is 1.38. The van der Waals surface area contributed by atoms with Crippen LogP contribution in [-0.2, 0) is 6.54 Å². The van der Waals surface area contributed by atoms with Crippen LogP contribution >= 0.6 is 11.6 Å². The third-order valence-electron chi connectivity index (χ3n) is 2.00. The Balaban J connectivity index is 2.25. The minimum atomic E-state index is -0.646. The third kappa shape index (κ3) is 2.51. The van der Waals surface area contributed by atoms with Crippen molar-refractivity contribution in [3.05, 3.63) is 55.9 Å². The van der Waals surface area contributed by atoms with Crippen molar-refractivity contribution in [3.8, 4) is 0 Å². The van der Waals surface area contributed by atoms with Crippen molar-refractivity contribution in [2.75, 3.05) is 0 Å². The van der Waals surface area contributed by atoms with Gasteiger partial charge in [0.2, 0.25) is 0 Å². The molecule has 8 heteroatoms. The van der Waals surface area contributed by atoms with Crippen molar-refractivity contribution in [1.29, 1.82) is 0 Å². The normalized spacial score (nSPS) is 10.4. The number of aromatic nitrogens is 2. The maximum atomic E-state index is 11.4. The molecule has 0 aliphatic rings. The Morgan fingerprint density at radius 1 is 1.53 bits per heavy atom. The molecule has 2 aromatic rings. The van der Waals surface area contributed by atoms with E-state index >= 15 is 0 Å². The van der Waals surface area contributed by atoms with Crippen LogP contribution in [0, 0.1) is 10.1 Å². The van der Waals surface area contributed by atoms with E-state index in [0.29, 0.717) is 5.76 Å². The van der Waals surface area contributed by atoms with Gasteiger partial charge in [-0.05, 0) is 6.07 Å². The Morgan fingerprint density at radius 2 is 2.29 bits per heavy atom. The van der Waals surface area contributed by atoms with E-state index < -0.39 is 4.92 Å². The molecule has 0 aliphatic carbocycles. The number of hydrogen-bond acceptors (Lipinski definition) is 5. The van der Waals surface area contributed by atoms with Gasteiger partial charge in [-0.1, -0.05) is 11.6 Å². The van der Waals surface area contributed by atoms with Crippen LogP contribution in [0.2, 0.25) is 5.15 Å². The standard InChI is InChI=1S/C9H6ClN3O4/c10-7-3-8(14)12(5-11-7)4-6-1-2-9(17-6)13(15)16/h1-3,5H,4H2. The molecule has 0 atom stereocenters. The smallest absolute Gasteiger partial charge is 0.404 e. The van der Waals surface area contributed by atoms with Crippen molar-refractivity contribution in [3.63, 3.8) is 0 Å². The molecule has 88 valence electrons. The van der Waals surface area contributed by atoms with Crippen LogP contribution in [0.5, 0.6) is 0 Å². The number of nitrogens with zero attached hydrogens (tertiary/aromatic N) is 3. The summed E-state index contributed by atoms with van der Waals surface area (Å²) in [4.78, 5) is 24.9. The van der Waals surface area contributed by atoms with Gasteiger partial charge in [0.05, 0.1) is 18.9 Å². The summed E-state index contributed by atoms with van der Waals surface area (Å²) in [7, 11) is 0. The predicted molar refractivity (Wildman–Crippen MR) is 58.0 cm³/mol. The average Bonchev–Trinajstić information content (AvgIpc) is 2.71. The molecule has 7 nitrogen and oxygen atoms in total. The molecule has 0 spiro atoms.